The molecule has 5 heteroatoms. The first-order chi connectivity index (χ1) is 7.15. The molecule has 0 amide bonds. The third-order valence-electron chi connectivity index (χ3n) is 2.07. The SMILES string of the molecule is CCC(COC)Nc1cc(=O)[nH]c(C)n1. The average molecular weight is 211 g/mol. The number of anilines is 1. The maximum absolute atomic E-state index is 11.2. The summed E-state index contributed by atoms with van der Waals surface area (Å²) in [6.45, 7) is 4.41. The second-order valence-corrected chi connectivity index (χ2v) is 3.42. The number of rotatable bonds is 5. The summed E-state index contributed by atoms with van der Waals surface area (Å²) in [4.78, 5) is 17.9. The van der Waals surface area contributed by atoms with E-state index in [1.165, 1.54) is 6.07 Å². The minimum atomic E-state index is -0.141. The van der Waals surface area contributed by atoms with E-state index in [1.54, 1.807) is 14.0 Å². The molecular formula is C10H17N3O2. The minimum Gasteiger partial charge on any atom is -0.383 e. The van der Waals surface area contributed by atoms with Crippen molar-refractivity contribution in [2.24, 2.45) is 0 Å². The number of H-pyrrole nitrogens is 1. The van der Waals surface area contributed by atoms with Crippen molar-refractivity contribution in [1.29, 1.82) is 0 Å². The van der Waals surface area contributed by atoms with Crippen LogP contribution in [0.25, 0.3) is 0 Å². The van der Waals surface area contributed by atoms with Crippen LogP contribution in [0.2, 0.25) is 0 Å². The van der Waals surface area contributed by atoms with Crippen molar-refractivity contribution in [1.82, 2.24) is 9.97 Å². The zero-order valence-electron chi connectivity index (χ0n) is 9.33. The topological polar surface area (TPSA) is 67.0 Å². The van der Waals surface area contributed by atoms with Crippen LogP contribution in [0, 0.1) is 6.92 Å². The molecule has 0 radical (unpaired) electrons. The average Bonchev–Trinajstić information content (AvgIpc) is 2.15. The van der Waals surface area contributed by atoms with Gasteiger partial charge >= 0.3 is 0 Å². The fraction of sp³-hybridized carbons (Fsp3) is 0.600. The van der Waals surface area contributed by atoms with Crippen LogP contribution in [0.3, 0.4) is 0 Å². The molecule has 1 aromatic heterocycles. The van der Waals surface area contributed by atoms with E-state index in [1.807, 2.05) is 0 Å². The quantitative estimate of drug-likeness (QED) is 0.760. The highest BCUT2D eigenvalue weighted by Gasteiger charge is 2.06. The first-order valence-electron chi connectivity index (χ1n) is 4.99. The fourth-order valence-electron chi connectivity index (χ4n) is 1.33. The predicted octanol–water partition coefficient (Wildman–Crippen LogP) is 0.915. The molecule has 0 saturated heterocycles. The van der Waals surface area contributed by atoms with E-state index in [9.17, 15) is 4.79 Å². The Kier molecular flexibility index (Phi) is 4.30. The normalized spacial score (nSPS) is 12.5. The Labute approximate surface area is 88.9 Å². The van der Waals surface area contributed by atoms with Crippen molar-refractivity contribution < 1.29 is 4.74 Å². The first-order valence-corrected chi connectivity index (χ1v) is 4.99. The maximum Gasteiger partial charge on any atom is 0.252 e. The van der Waals surface area contributed by atoms with Gasteiger partial charge < -0.3 is 15.0 Å². The van der Waals surface area contributed by atoms with Crippen molar-refractivity contribution in [2.75, 3.05) is 19.0 Å². The number of ether oxygens (including phenoxy) is 1. The Morgan fingerprint density at radius 3 is 2.93 bits per heavy atom. The van der Waals surface area contributed by atoms with Crippen LogP contribution in [0.15, 0.2) is 10.9 Å². The van der Waals surface area contributed by atoms with Gasteiger partial charge in [-0.15, -0.1) is 0 Å². The van der Waals surface area contributed by atoms with Crippen molar-refractivity contribution in [3.05, 3.63) is 22.2 Å². The van der Waals surface area contributed by atoms with Crippen LogP contribution < -0.4 is 10.9 Å². The van der Waals surface area contributed by atoms with Crippen molar-refractivity contribution in [2.45, 2.75) is 26.3 Å². The van der Waals surface area contributed by atoms with Gasteiger partial charge in [0.2, 0.25) is 0 Å². The van der Waals surface area contributed by atoms with E-state index >= 15 is 0 Å². The number of hydrogen-bond donors (Lipinski definition) is 2. The van der Waals surface area contributed by atoms with E-state index < -0.39 is 0 Å². The van der Waals surface area contributed by atoms with Crippen LogP contribution in [0.4, 0.5) is 5.82 Å². The Morgan fingerprint density at radius 1 is 1.67 bits per heavy atom. The molecule has 84 valence electrons. The third kappa shape index (κ3) is 3.71. The summed E-state index contributed by atoms with van der Waals surface area (Å²) in [5, 5.41) is 3.16. The lowest BCUT2D eigenvalue weighted by Crippen LogP contribution is -2.25. The van der Waals surface area contributed by atoms with Crippen LogP contribution >= 0.6 is 0 Å². The zero-order valence-corrected chi connectivity index (χ0v) is 9.33. The van der Waals surface area contributed by atoms with Gasteiger partial charge in [-0.25, -0.2) is 4.98 Å². The zero-order chi connectivity index (χ0) is 11.3. The molecule has 0 aliphatic rings. The molecule has 0 aliphatic heterocycles. The first kappa shape index (κ1) is 11.7. The van der Waals surface area contributed by atoms with Crippen LogP contribution in [-0.4, -0.2) is 29.7 Å². The standard InChI is InChI=1S/C10H17N3O2/c1-4-8(6-15-3)13-9-5-10(14)12-7(2)11-9/h5,8H,4,6H2,1-3H3,(H2,11,12,13,14). The van der Waals surface area contributed by atoms with E-state index in [2.05, 4.69) is 22.2 Å². The molecule has 0 spiro atoms. The second-order valence-electron chi connectivity index (χ2n) is 3.42. The Morgan fingerprint density at radius 2 is 2.40 bits per heavy atom. The summed E-state index contributed by atoms with van der Waals surface area (Å²) in [6.07, 6.45) is 0.918. The molecule has 0 aromatic carbocycles. The summed E-state index contributed by atoms with van der Waals surface area (Å²) >= 11 is 0. The van der Waals surface area contributed by atoms with Gasteiger partial charge in [0.15, 0.2) is 0 Å². The van der Waals surface area contributed by atoms with Crippen molar-refractivity contribution in [3.8, 4) is 0 Å². The fourth-order valence-corrected chi connectivity index (χ4v) is 1.33. The largest absolute Gasteiger partial charge is 0.383 e. The molecule has 1 unspecified atom stereocenters. The summed E-state index contributed by atoms with van der Waals surface area (Å²) < 4.78 is 5.05. The van der Waals surface area contributed by atoms with Crippen LogP contribution in [0.5, 0.6) is 0 Å². The number of nitrogens with one attached hydrogen (secondary N) is 2. The van der Waals surface area contributed by atoms with E-state index in [0.717, 1.165) is 6.42 Å². The highest BCUT2D eigenvalue weighted by molar-refractivity contribution is 5.34. The molecule has 0 fully saturated rings. The van der Waals surface area contributed by atoms with Gasteiger partial charge in [0.1, 0.15) is 11.6 Å². The van der Waals surface area contributed by atoms with Gasteiger partial charge in [-0.05, 0) is 13.3 Å². The van der Waals surface area contributed by atoms with Gasteiger partial charge in [-0.3, -0.25) is 4.79 Å². The van der Waals surface area contributed by atoms with Gasteiger partial charge in [-0.2, -0.15) is 0 Å². The molecule has 1 aromatic rings. The number of aromatic nitrogens is 2. The van der Waals surface area contributed by atoms with Gasteiger partial charge in [-0.1, -0.05) is 6.92 Å². The summed E-state index contributed by atoms with van der Waals surface area (Å²) in [5.41, 5.74) is -0.141. The lowest BCUT2D eigenvalue weighted by molar-refractivity contribution is 0.184. The Bertz CT molecular complexity index is 362. The maximum atomic E-state index is 11.2. The highest BCUT2D eigenvalue weighted by atomic mass is 16.5. The van der Waals surface area contributed by atoms with E-state index in [4.69, 9.17) is 4.74 Å². The smallest absolute Gasteiger partial charge is 0.252 e. The molecule has 0 aliphatic carbocycles. The Hall–Kier alpha value is -1.36. The monoisotopic (exact) mass is 211 g/mol. The minimum absolute atomic E-state index is 0.141. The van der Waals surface area contributed by atoms with E-state index in [-0.39, 0.29) is 11.6 Å². The lowest BCUT2D eigenvalue weighted by atomic mass is 10.2. The van der Waals surface area contributed by atoms with E-state index in [0.29, 0.717) is 18.2 Å². The number of methoxy groups -OCH3 is 1. The Balaban J connectivity index is 2.74. The van der Waals surface area contributed by atoms with Crippen molar-refractivity contribution >= 4 is 5.82 Å². The highest BCUT2D eigenvalue weighted by Crippen LogP contribution is 2.04. The molecular weight excluding hydrogens is 194 g/mol. The number of hydrogen-bond acceptors (Lipinski definition) is 4. The summed E-state index contributed by atoms with van der Waals surface area (Å²) in [6, 6.07) is 1.63. The molecule has 2 N–H and O–H groups in total. The number of nitrogens with zero attached hydrogens (tertiary/aromatic N) is 1. The van der Waals surface area contributed by atoms with Crippen molar-refractivity contribution in [3.63, 3.8) is 0 Å². The number of aromatic amines is 1. The molecule has 1 atom stereocenters. The van der Waals surface area contributed by atoms with Gasteiger partial charge in [0, 0.05) is 13.2 Å². The lowest BCUT2D eigenvalue weighted by Gasteiger charge is -2.16. The van der Waals surface area contributed by atoms with Gasteiger partial charge in [0.25, 0.3) is 5.56 Å². The molecule has 1 rings (SSSR count). The van der Waals surface area contributed by atoms with Gasteiger partial charge in [0.05, 0.1) is 12.6 Å². The van der Waals surface area contributed by atoms with Crippen LogP contribution in [0.1, 0.15) is 19.2 Å². The predicted molar refractivity (Wildman–Crippen MR) is 59.2 cm³/mol. The molecule has 5 nitrogen and oxygen atoms in total. The summed E-state index contributed by atoms with van der Waals surface area (Å²) in [7, 11) is 1.65. The molecule has 0 bridgehead atoms. The molecule has 1 heterocycles. The molecule has 0 saturated carbocycles. The molecule has 15 heavy (non-hydrogen) atoms. The second kappa shape index (κ2) is 5.50. The van der Waals surface area contributed by atoms with Crippen LogP contribution in [-0.2, 0) is 4.74 Å². The number of aryl methyl sites for hydroxylation is 1. The summed E-state index contributed by atoms with van der Waals surface area (Å²) in [5.74, 6) is 1.21. The third-order valence-corrected chi connectivity index (χ3v) is 2.07.